The van der Waals surface area contributed by atoms with Crippen molar-refractivity contribution in [3.8, 4) is 0 Å². The lowest BCUT2D eigenvalue weighted by molar-refractivity contribution is 0.0532. The highest BCUT2D eigenvalue weighted by atomic mass is 32.1. The second-order valence-electron chi connectivity index (χ2n) is 5.59. The molecule has 0 aliphatic carbocycles. The number of aromatic nitrogens is 2. The summed E-state index contributed by atoms with van der Waals surface area (Å²) in [6.07, 6.45) is 4.41. The van der Waals surface area contributed by atoms with Crippen LogP contribution in [0.25, 0.3) is 10.1 Å². The van der Waals surface area contributed by atoms with Crippen LogP contribution in [0.1, 0.15) is 23.0 Å². The normalized spacial score (nSPS) is 10.7. The highest BCUT2D eigenvalue weighted by Gasteiger charge is 2.11. The number of esters is 1. The number of ether oxygens (including phenoxy) is 1. The van der Waals surface area contributed by atoms with E-state index < -0.39 is 0 Å². The minimum Gasteiger partial charge on any atom is -0.462 e. The molecule has 1 aromatic carbocycles. The summed E-state index contributed by atoms with van der Waals surface area (Å²) in [6, 6.07) is 8.94. The van der Waals surface area contributed by atoms with Crippen LogP contribution in [0.3, 0.4) is 0 Å². The Morgan fingerprint density at radius 1 is 1.31 bits per heavy atom. The fourth-order valence-corrected chi connectivity index (χ4v) is 3.41. The zero-order valence-corrected chi connectivity index (χ0v) is 15.2. The molecule has 0 aliphatic heterocycles. The van der Waals surface area contributed by atoms with Crippen molar-refractivity contribution in [1.82, 2.24) is 15.1 Å². The van der Waals surface area contributed by atoms with Gasteiger partial charge in [-0.2, -0.15) is 5.10 Å². The van der Waals surface area contributed by atoms with Gasteiger partial charge in [-0.1, -0.05) is 0 Å². The van der Waals surface area contributed by atoms with Gasteiger partial charge in [-0.3, -0.25) is 4.68 Å². The van der Waals surface area contributed by atoms with Crippen molar-refractivity contribution in [3.05, 3.63) is 47.6 Å². The van der Waals surface area contributed by atoms with E-state index in [4.69, 9.17) is 4.74 Å². The van der Waals surface area contributed by atoms with Crippen LogP contribution in [0.15, 0.2) is 42.7 Å². The van der Waals surface area contributed by atoms with Crippen LogP contribution in [-0.2, 0) is 11.3 Å². The molecule has 0 saturated heterocycles. The van der Waals surface area contributed by atoms with Crippen molar-refractivity contribution < 1.29 is 14.3 Å². The summed E-state index contributed by atoms with van der Waals surface area (Å²) in [5.74, 6) is -0.321. The number of thiophene rings is 1. The van der Waals surface area contributed by atoms with Crippen LogP contribution in [-0.4, -0.2) is 34.9 Å². The summed E-state index contributed by atoms with van der Waals surface area (Å²) >= 11 is 1.38. The van der Waals surface area contributed by atoms with Crippen LogP contribution in [0.2, 0.25) is 0 Å². The number of fused-ring (bicyclic) bond motifs is 1. The third kappa shape index (κ3) is 4.60. The Kier molecular flexibility index (Phi) is 5.85. The third-order valence-corrected chi connectivity index (χ3v) is 4.76. The van der Waals surface area contributed by atoms with E-state index in [1.165, 1.54) is 11.3 Å². The van der Waals surface area contributed by atoms with Crippen molar-refractivity contribution in [1.29, 1.82) is 0 Å². The van der Waals surface area contributed by atoms with E-state index in [9.17, 15) is 9.59 Å². The maximum atomic E-state index is 12.0. The minimum absolute atomic E-state index is 0.259. The van der Waals surface area contributed by atoms with Gasteiger partial charge in [-0.05, 0) is 49.1 Å². The van der Waals surface area contributed by atoms with Crippen molar-refractivity contribution in [3.63, 3.8) is 0 Å². The SMILES string of the molecule is CCOC(=O)c1cc2cc(NC(=O)NCCCn3cccn3)ccc2s1. The first-order valence-electron chi connectivity index (χ1n) is 8.38. The molecule has 0 radical (unpaired) electrons. The molecule has 2 amide bonds. The van der Waals surface area contributed by atoms with Crippen molar-refractivity contribution >= 4 is 39.1 Å². The second kappa shape index (κ2) is 8.48. The minimum atomic E-state index is -0.321. The van der Waals surface area contributed by atoms with E-state index >= 15 is 0 Å². The lowest BCUT2D eigenvalue weighted by Gasteiger charge is -2.08. The smallest absolute Gasteiger partial charge is 0.348 e. The van der Waals surface area contributed by atoms with E-state index in [1.807, 2.05) is 35.1 Å². The number of nitrogens with zero attached hydrogens (tertiary/aromatic N) is 2. The summed E-state index contributed by atoms with van der Waals surface area (Å²) in [4.78, 5) is 24.4. The van der Waals surface area contributed by atoms with E-state index in [1.54, 1.807) is 19.2 Å². The van der Waals surface area contributed by atoms with E-state index in [-0.39, 0.29) is 12.0 Å². The molecule has 0 saturated carbocycles. The molecule has 3 rings (SSSR count). The standard InChI is InChI=1S/C18H20N4O3S/c1-2-25-17(23)16-12-13-11-14(5-6-15(13)26-16)21-18(24)19-7-3-9-22-10-4-8-20-22/h4-6,8,10-12H,2-3,7,9H2,1H3,(H2,19,21,24). The van der Waals surface area contributed by atoms with Crippen LogP contribution in [0.5, 0.6) is 0 Å². The summed E-state index contributed by atoms with van der Waals surface area (Å²) in [7, 11) is 0. The molecular formula is C18H20N4O3S. The van der Waals surface area contributed by atoms with E-state index in [0.717, 1.165) is 23.1 Å². The molecule has 0 aliphatic rings. The fourth-order valence-electron chi connectivity index (χ4n) is 2.47. The predicted molar refractivity (Wildman–Crippen MR) is 102 cm³/mol. The zero-order chi connectivity index (χ0) is 18.4. The van der Waals surface area contributed by atoms with Crippen molar-refractivity contribution in [2.24, 2.45) is 0 Å². The molecule has 0 unspecified atom stereocenters. The first kappa shape index (κ1) is 17.9. The molecule has 0 atom stereocenters. The Bertz CT molecular complexity index is 889. The summed E-state index contributed by atoms with van der Waals surface area (Å²) in [5.41, 5.74) is 0.676. The van der Waals surface area contributed by atoms with Crippen LogP contribution < -0.4 is 10.6 Å². The maximum absolute atomic E-state index is 12.0. The Balaban J connectivity index is 1.52. The number of nitrogens with one attached hydrogen (secondary N) is 2. The van der Waals surface area contributed by atoms with Gasteiger partial charge in [-0.15, -0.1) is 11.3 Å². The monoisotopic (exact) mass is 372 g/mol. The van der Waals surface area contributed by atoms with Gasteiger partial charge in [0, 0.05) is 35.9 Å². The van der Waals surface area contributed by atoms with Crippen molar-refractivity contribution in [2.45, 2.75) is 19.9 Å². The molecule has 7 nitrogen and oxygen atoms in total. The molecule has 136 valence electrons. The highest BCUT2D eigenvalue weighted by Crippen LogP contribution is 2.28. The van der Waals surface area contributed by atoms with Gasteiger partial charge in [0.1, 0.15) is 4.88 Å². The number of anilines is 1. The maximum Gasteiger partial charge on any atom is 0.348 e. The summed E-state index contributed by atoms with van der Waals surface area (Å²) in [5, 5.41) is 10.6. The number of carbonyl (C=O) groups is 2. The fraction of sp³-hybridized carbons (Fsp3) is 0.278. The summed E-state index contributed by atoms with van der Waals surface area (Å²) < 4.78 is 7.81. The number of hydrogen-bond acceptors (Lipinski definition) is 5. The van der Waals surface area contributed by atoms with E-state index in [2.05, 4.69) is 15.7 Å². The molecule has 0 spiro atoms. The van der Waals surface area contributed by atoms with Gasteiger partial charge in [0.25, 0.3) is 0 Å². The van der Waals surface area contributed by atoms with Crippen LogP contribution >= 0.6 is 11.3 Å². The lowest BCUT2D eigenvalue weighted by Crippen LogP contribution is -2.30. The number of amides is 2. The van der Waals surface area contributed by atoms with Gasteiger partial charge in [0.15, 0.2) is 0 Å². The Morgan fingerprint density at radius 2 is 2.19 bits per heavy atom. The first-order chi connectivity index (χ1) is 12.7. The second-order valence-corrected chi connectivity index (χ2v) is 6.67. The molecule has 0 bridgehead atoms. The molecule has 2 N–H and O–H groups in total. The van der Waals surface area contributed by atoms with Crippen molar-refractivity contribution in [2.75, 3.05) is 18.5 Å². The Morgan fingerprint density at radius 3 is 2.96 bits per heavy atom. The van der Waals surface area contributed by atoms with Gasteiger partial charge in [0.05, 0.1) is 6.61 Å². The topological polar surface area (TPSA) is 85.2 Å². The van der Waals surface area contributed by atoms with Gasteiger partial charge < -0.3 is 15.4 Å². The number of aryl methyl sites for hydroxylation is 1. The molecule has 0 fully saturated rings. The number of urea groups is 1. The van der Waals surface area contributed by atoms with Crippen LogP contribution in [0.4, 0.5) is 10.5 Å². The molecule has 2 heterocycles. The molecule has 26 heavy (non-hydrogen) atoms. The third-order valence-electron chi connectivity index (χ3n) is 3.66. The number of carbonyl (C=O) groups excluding carboxylic acids is 2. The first-order valence-corrected chi connectivity index (χ1v) is 9.20. The summed E-state index contributed by atoms with van der Waals surface area (Å²) in [6.45, 7) is 3.44. The average molecular weight is 372 g/mol. The van der Waals surface area contributed by atoms with E-state index in [0.29, 0.717) is 23.7 Å². The van der Waals surface area contributed by atoms with Gasteiger partial charge in [-0.25, -0.2) is 9.59 Å². The zero-order valence-electron chi connectivity index (χ0n) is 14.4. The Hall–Kier alpha value is -2.87. The number of benzene rings is 1. The highest BCUT2D eigenvalue weighted by molar-refractivity contribution is 7.20. The average Bonchev–Trinajstić information content (AvgIpc) is 3.28. The molecular weight excluding hydrogens is 352 g/mol. The van der Waals surface area contributed by atoms with Crippen LogP contribution in [0, 0.1) is 0 Å². The molecule has 3 aromatic rings. The number of rotatable bonds is 7. The van der Waals surface area contributed by atoms with Gasteiger partial charge in [0.2, 0.25) is 0 Å². The lowest BCUT2D eigenvalue weighted by atomic mass is 10.2. The largest absolute Gasteiger partial charge is 0.462 e. The van der Waals surface area contributed by atoms with Gasteiger partial charge >= 0.3 is 12.0 Å². The number of hydrogen-bond donors (Lipinski definition) is 2. The molecule has 8 heteroatoms. The predicted octanol–water partition coefficient (Wildman–Crippen LogP) is 3.49. The quantitative estimate of drug-likeness (QED) is 0.491. The molecule has 2 aromatic heterocycles. The Labute approximate surface area is 155 Å².